The lowest BCUT2D eigenvalue weighted by molar-refractivity contribution is -0.274. The summed E-state index contributed by atoms with van der Waals surface area (Å²) >= 11 is 11.9. The molecule has 10 heterocycles. The fourth-order valence-electron chi connectivity index (χ4n) is 15.5. The summed E-state index contributed by atoms with van der Waals surface area (Å²) in [4.78, 5) is 115. The van der Waals surface area contributed by atoms with Crippen LogP contribution < -0.4 is 64.1 Å². The number of alkyl halides is 9. The second kappa shape index (κ2) is 35.6. The third-order valence-corrected chi connectivity index (χ3v) is 21.5. The molecule has 13 rings (SSSR count). The van der Waals surface area contributed by atoms with E-state index in [1.807, 2.05) is 11.9 Å². The lowest BCUT2D eigenvalue weighted by Crippen LogP contribution is -2.63. The zero-order chi connectivity index (χ0) is 83.3. The summed E-state index contributed by atoms with van der Waals surface area (Å²) in [5.41, 5.74) is 26.0. The van der Waals surface area contributed by atoms with Gasteiger partial charge in [0.1, 0.15) is 48.7 Å². The van der Waals surface area contributed by atoms with E-state index in [0.717, 1.165) is 68.5 Å². The van der Waals surface area contributed by atoms with Crippen molar-refractivity contribution < 1.29 is 90.6 Å². The number of nitrogens with zero attached hydrogens (tertiary/aromatic N) is 14. The van der Waals surface area contributed by atoms with E-state index in [1.54, 1.807) is 19.6 Å². The SMILES string of the molecule is CN1CCN(C(=O)[C@H]2CCN(c3ncnc(N)c3F)C[C@@H]2N2CCC[C@@H](Nc3cc(Cl)cc(C(F)(F)F)c3)C2=O)CC1.NC(=O)[C@H]1CCN(c2ncnc(N)c2F)C[C@@H]1N1CCC[C@@H](Nc2cc(Cl)cc(OC(F)(F)F)c2)C1=O.NC(=O)[C@H]1CCN(c2ncnc(N)c2F)C[C@@H]1N1CCC[C@@H](Nc2cc(F)cc(C(F)(F)F)c2)C1=O. The van der Waals surface area contributed by atoms with Gasteiger partial charge in [-0.1, -0.05) is 23.2 Å². The van der Waals surface area contributed by atoms with E-state index in [4.69, 9.17) is 51.9 Å². The maximum absolute atomic E-state index is 14.9. The summed E-state index contributed by atoms with van der Waals surface area (Å²) in [6.45, 7) is 4.53. The number of nitrogens with one attached hydrogen (secondary N) is 3. The molecule has 3 aromatic heterocycles. The van der Waals surface area contributed by atoms with Crippen LogP contribution in [0.15, 0.2) is 73.6 Å². The molecular weight excluding hydrogens is 1590 g/mol. The van der Waals surface area contributed by atoms with E-state index in [2.05, 4.69) is 55.5 Å². The number of amides is 6. The van der Waals surface area contributed by atoms with Crippen LogP contribution in [0.2, 0.25) is 10.0 Å². The average Bonchev–Trinajstić information content (AvgIpc) is 0.786. The number of carbonyl (C=O) groups is 6. The molecule has 3 aromatic carbocycles. The Labute approximate surface area is 658 Å². The minimum absolute atomic E-state index is 0.00395. The number of likely N-dealkylation sites (tertiary alicyclic amines) is 3. The molecule has 13 N–H and O–H groups in total. The number of benzene rings is 3. The number of hydrogen-bond acceptors (Lipinski definition) is 23. The predicted molar refractivity (Wildman–Crippen MR) is 395 cm³/mol. The predicted octanol–water partition coefficient (Wildman–Crippen LogP) is 7.61. The number of carbonyl (C=O) groups excluding carboxylic acids is 6. The van der Waals surface area contributed by atoms with Crippen molar-refractivity contribution in [3.63, 3.8) is 0 Å². The van der Waals surface area contributed by atoms with Crippen LogP contribution in [-0.4, -0.2) is 225 Å². The molecule has 7 fully saturated rings. The van der Waals surface area contributed by atoms with Crippen LogP contribution in [-0.2, 0) is 41.1 Å². The largest absolute Gasteiger partial charge is 0.573 e. The lowest BCUT2D eigenvalue weighted by Gasteiger charge is -2.47. The Morgan fingerprint density at radius 3 is 1.19 bits per heavy atom. The Kier molecular flexibility index (Phi) is 26.4. The molecule has 29 nitrogen and oxygen atoms in total. The zero-order valence-electron chi connectivity index (χ0n) is 61.4. The molecule has 622 valence electrons. The maximum atomic E-state index is 14.9. The van der Waals surface area contributed by atoms with E-state index in [0.29, 0.717) is 77.3 Å². The van der Waals surface area contributed by atoms with Crippen LogP contribution in [0.4, 0.5) is 109 Å². The number of hydrogen-bond donors (Lipinski definition) is 8. The highest BCUT2D eigenvalue weighted by Gasteiger charge is 2.48. The van der Waals surface area contributed by atoms with Gasteiger partial charge in [-0.25, -0.2) is 34.3 Å². The van der Waals surface area contributed by atoms with Gasteiger partial charge in [0.25, 0.3) is 0 Å². The number of piperazine rings is 1. The average molecular weight is 1670 g/mol. The van der Waals surface area contributed by atoms with Crippen molar-refractivity contribution in [3.05, 3.63) is 118 Å². The normalized spacial score (nSPS) is 23.3. The first-order chi connectivity index (χ1) is 54.3. The molecule has 7 saturated heterocycles. The summed E-state index contributed by atoms with van der Waals surface area (Å²) in [5.74, 6) is -9.64. The molecule has 9 atom stereocenters. The quantitative estimate of drug-likeness (QED) is 0.0432. The summed E-state index contributed by atoms with van der Waals surface area (Å²) in [6.07, 6.45) is -7.49. The van der Waals surface area contributed by atoms with E-state index in [1.165, 1.54) is 21.9 Å². The Morgan fingerprint density at radius 1 is 0.452 bits per heavy atom. The summed E-state index contributed by atoms with van der Waals surface area (Å²) < 4.78 is 179. The molecule has 6 aromatic rings. The third-order valence-electron chi connectivity index (χ3n) is 21.1. The minimum atomic E-state index is -4.91. The Bertz CT molecular complexity index is 4560. The fraction of sp³-hybridized carbons (Fsp3) is 0.493. The second-order valence-electron chi connectivity index (χ2n) is 28.6. The lowest BCUT2D eigenvalue weighted by atomic mass is 9.86. The van der Waals surface area contributed by atoms with Crippen LogP contribution in [0.1, 0.15) is 68.9 Å². The van der Waals surface area contributed by atoms with Gasteiger partial charge < -0.3 is 88.6 Å². The van der Waals surface area contributed by atoms with Crippen LogP contribution in [0, 0.1) is 41.0 Å². The van der Waals surface area contributed by atoms with Gasteiger partial charge in [-0.05, 0) is 113 Å². The molecule has 0 bridgehead atoms. The molecule has 0 radical (unpaired) electrons. The second-order valence-corrected chi connectivity index (χ2v) is 29.5. The first-order valence-electron chi connectivity index (χ1n) is 36.4. The molecule has 0 aliphatic carbocycles. The summed E-state index contributed by atoms with van der Waals surface area (Å²) in [6, 6.07) is 3.84. The van der Waals surface area contributed by atoms with E-state index in [-0.39, 0.29) is 138 Å². The number of halogens is 15. The van der Waals surface area contributed by atoms with E-state index in [9.17, 15) is 85.8 Å². The number of ether oxygens (including phenoxy) is 1. The van der Waals surface area contributed by atoms with Crippen molar-refractivity contribution in [1.82, 2.24) is 54.4 Å². The minimum Gasteiger partial charge on any atom is -0.406 e. The molecule has 7 aliphatic rings. The van der Waals surface area contributed by atoms with Gasteiger partial charge in [-0.2, -0.15) is 39.5 Å². The molecule has 115 heavy (non-hydrogen) atoms. The van der Waals surface area contributed by atoms with E-state index < -0.39 is 131 Å². The zero-order valence-corrected chi connectivity index (χ0v) is 62.9. The first-order valence-corrected chi connectivity index (χ1v) is 37.2. The number of likely N-dealkylation sites (N-methyl/N-ethyl adjacent to an activating group) is 1. The number of anilines is 9. The third kappa shape index (κ3) is 20.5. The van der Waals surface area contributed by atoms with Gasteiger partial charge in [-0.15, -0.1) is 13.2 Å². The van der Waals surface area contributed by atoms with Crippen LogP contribution in [0.25, 0.3) is 0 Å². The molecular formula is C71H81Cl2F13N22O7. The van der Waals surface area contributed by atoms with Gasteiger partial charge in [-0.3, -0.25) is 28.8 Å². The number of piperidine rings is 6. The van der Waals surface area contributed by atoms with Crippen molar-refractivity contribution in [2.45, 2.75) is 113 Å². The molecule has 44 heteroatoms. The Morgan fingerprint density at radius 2 is 0.809 bits per heavy atom. The molecule has 0 unspecified atom stereocenters. The van der Waals surface area contributed by atoms with Crippen molar-refractivity contribution >= 4 is 111 Å². The van der Waals surface area contributed by atoms with Crippen LogP contribution >= 0.6 is 23.2 Å². The standard InChI is InChI=1S/C27H33ClF4N8O2.C22H24ClF4N7O3.C22H24F5N7O2/c1-37-7-9-38(10-8-37)25(41)19-4-6-39(24-22(29)23(33)34-15-35-24)14-21(19)40-5-2-3-20(26(40)42)36-18-12-16(27(30,31)32)11-17(28)13-18;23-11-6-12(8-13(7-11)37-22(25,26)27)32-15-2-1-4-34(21(15)36)16-9-33(5-3-14(16)19(29)35)20-17(24)18(28)30-10-31-20;23-12-6-11(22(25,26)27)7-13(8-12)32-15-2-1-4-34(21(15)36)16-9-33(5-3-14(16)19(29)35)20-17(24)18(28)30-10-31-20/h11-13,15,19-21,36H,2-10,14H2,1H3,(H2,33,34,35);6-8,10,14-16,32H,1-5,9H2,(H2,29,35)(H2,28,30,31);6-8,10,14-16,32H,1-5,9H2,(H2,29,35)(H2,28,30,31)/t19-,20+,21-;2*14-,15+,16-/m000/s1. The van der Waals surface area contributed by atoms with Crippen LogP contribution in [0.5, 0.6) is 5.75 Å². The number of aromatic nitrogens is 6. The number of rotatable bonds is 16. The van der Waals surface area contributed by atoms with Gasteiger partial charge in [0.2, 0.25) is 52.9 Å². The summed E-state index contributed by atoms with van der Waals surface area (Å²) in [7, 11) is 1.99. The maximum Gasteiger partial charge on any atom is 0.573 e. The topological polar surface area (TPSA) is 381 Å². The van der Waals surface area contributed by atoms with Crippen molar-refractivity contribution in [1.29, 1.82) is 0 Å². The number of nitrogen functional groups attached to an aromatic ring is 3. The molecule has 0 saturated carbocycles. The number of primary amides is 2. The van der Waals surface area contributed by atoms with Gasteiger partial charge in [0.15, 0.2) is 34.9 Å². The Hall–Kier alpha value is -10.7. The van der Waals surface area contributed by atoms with E-state index >= 15 is 0 Å². The van der Waals surface area contributed by atoms with Gasteiger partial charge in [0.05, 0.1) is 47.0 Å². The monoisotopic (exact) mass is 1670 g/mol. The van der Waals surface area contributed by atoms with Crippen molar-refractivity contribution in [2.24, 2.45) is 29.2 Å². The highest BCUT2D eigenvalue weighted by Crippen LogP contribution is 2.40. The highest BCUT2D eigenvalue weighted by atomic mass is 35.5. The molecule has 0 spiro atoms. The fourth-order valence-corrected chi connectivity index (χ4v) is 16.0. The van der Waals surface area contributed by atoms with Crippen LogP contribution in [0.3, 0.4) is 0 Å². The first kappa shape index (κ1) is 85.2. The Balaban J connectivity index is 0.000000170. The summed E-state index contributed by atoms with van der Waals surface area (Å²) in [5, 5.41) is 8.42. The van der Waals surface area contributed by atoms with Gasteiger partial charge in [0, 0.05) is 118 Å². The van der Waals surface area contributed by atoms with Gasteiger partial charge >= 0.3 is 18.7 Å². The number of nitrogens with two attached hydrogens (primary N) is 5. The highest BCUT2D eigenvalue weighted by molar-refractivity contribution is 6.31. The molecule has 7 aliphatic heterocycles. The van der Waals surface area contributed by atoms with Crippen molar-refractivity contribution in [2.75, 3.05) is 140 Å². The van der Waals surface area contributed by atoms with Crippen molar-refractivity contribution in [3.8, 4) is 5.75 Å². The smallest absolute Gasteiger partial charge is 0.406 e. The molecule has 6 amide bonds.